The van der Waals surface area contributed by atoms with E-state index >= 15 is 0 Å². The van der Waals surface area contributed by atoms with Crippen LogP contribution in [0.4, 0.5) is 5.69 Å². The molecule has 0 fully saturated rings. The van der Waals surface area contributed by atoms with Gasteiger partial charge in [-0.25, -0.2) is 0 Å². The second-order valence-corrected chi connectivity index (χ2v) is 8.25. The maximum absolute atomic E-state index is 12.7. The molecule has 28 heavy (non-hydrogen) atoms. The molecule has 3 nitrogen and oxygen atoms in total. The molecule has 1 heterocycles. The van der Waals surface area contributed by atoms with Gasteiger partial charge in [0.2, 0.25) is 5.91 Å². The van der Waals surface area contributed by atoms with Crippen molar-refractivity contribution in [3.63, 3.8) is 0 Å². The SMILES string of the molecule is CCn1c2ccccc2c2cc(NC(=O)[C@H](C)SCc3ccccc3)ccc21. The number of carbonyl (C=O) groups excluding carboxylic acids is 1. The molecule has 0 unspecified atom stereocenters. The van der Waals surface area contributed by atoms with E-state index in [0.29, 0.717) is 0 Å². The average Bonchev–Trinajstić information content (AvgIpc) is 3.05. The van der Waals surface area contributed by atoms with Gasteiger partial charge >= 0.3 is 0 Å². The highest BCUT2D eigenvalue weighted by atomic mass is 32.2. The molecule has 0 radical (unpaired) electrons. The third-order valence-corrected chi connectivity index (χ3v) is 6.28. The number of amides is 1. The van der Waals surface area contributed by atoms with Crippen molar-refractivity contribution in [2.24, 2.45) is 0 Å². The Kier molecular flexibility index (Phi) is 5.40. The molecule has 0 aliphatic rings. The summed E-state index contributed by atoms with van der Waals surface area (Å²) in [6, 6.07) is 24.9. The molecule has 0 bridgehead atoms. The van der Waals surface area contributed by atoms with Gasteiger partial charge < -0.3 is 9.88 Å². The summed E-state index contributed by atoms with van der Waals surface area (Å²) in [7, 11) is 0. The van der Waals surface area contributed by atoms with Gasteiger partial charge in [0.05, 0.1) is 5.25 Å². The van der Waals surface area contributed by atoms with Gasteiger partial charge in [-0.1, -0.05) is 48.5 Å². The third kappa shape index (κ3) is 3.65. The summed E-state index contributed by atoms with van der Waals surface area (Å²) in [5, 5.41) is 5.38. The minimum absolute atomic E-state index is 0.0412. The highest BCUT2D eigenvalue weighted by Crippen LogP contribution is 2.31. The Morgan fingerprint density at radius 3 is 2.46 bits per heavy atom. The standard InChI is InChI=1S/C24H24N2OS/c1-3-26-22-12-8-7-11-20(22)21-15-19(13-14-23(21)26)25-24(27)17(2)28-16-18-9-5-4-6-10-18/h4-15,17H,3,16H2,1-2H3,(H,25,27)/t17-/m0/s1. The summed E-state index contributed by atoms with van der Waals surface area (Å²) in [6.45, 7) is 5.04. The quantitative estimate of drug-likeness (QED) is 0.435. The predicted molar refractivity (Wildman–Crippen MR) is 121 cm³/mol. The van der Waals surface area contributed by atoms with Crippen LogP contribution in [0.15, 0.2) is 72.8 Å². The van der Waals surface area contributed by atoms with Crippen LogP contribution >= 0.6 is 11.8 Å². The number of aromatic nitrogens is 1. The molecule has 1 amide bonds. The van der Waals surface area contributed by atoms with Crippen molar-refractivity contribution >= 4 is 45.2 Å². The molecule has 4 aromatic rings. The average molecular weight is 389 g/mol. The fourth-order valence-electron chi connectivity index (χ4n) is 3.59. The van der Waals surface area contributed by atoms with Crippen molar-refractivity contribution in [3.8, 4) is 0 Å². The number of fused-ring (bicyclic) bond motifs is 3. The fourth-order valence-corrected chi connectivity index (χ4v) is 4.43. The van der Waals surface area contributed by atoms with Gasteiger partial charge in [-0.3, -0.25) is 4.79 Å². The van der Waals surface area contributed by atoms with E-state index in [2.05, 4.69) is 65.3 Å². The molecule has 1 atom stereocenters. The predicted octanol–water partition coefficient (Wildman–Crippen LogP) is 6.07. The lowest BCUT2D eigenvalue weighted by atomic mass is 10.1. The third-order valence-electron chi connectivity index (χ3n) is 5.07. The summed E-state index contributed by atoms with van der Waals surface area (Å²) >= 11 is 1.65. The Morgan fingerprint density at radius 2 is 1.68 bits per heavy atom. The Bertz CT molecular complexity index is 1120. The molecule has 0 aliphatic carbocycles. The lowest BCUT2D eigenvalue weighted by Crippen LogP contribution is -2.22. The van der Waals surface area contributed by atoms with E-state index in [4.69, 9.17) is 0 Å². The van der Waals surface area contributed by atoms with Crippen LogP contribution in [0.3, 0.4) is 0 Å². The monoisotopic (exact) mass is 388 g/mol. The number of aryl methyl sites for hydroxylation is 1. The second-order valence-electron chi connectivity index (χ2n) is 6.92. The maximum Gasteiger partial charge on any atom is 0.237 e. The smallest absolute Gasteiger partial charge is 0.237 e. The highest BCUT2D eigenvalue weighted by molar-refractivity contribution is 7.99. The second kappa shape index (κ2) is 8.11. The molecule has 0 spiro atoms. The van der Waals surface area contributed by atoms with Gasteiger partial charge in [-0.2, -0.15) is 0 Å². The number of para-hydroxylation sites is 1. The zero-order chi connectivity index (χ0) is 19.5. The Balaban J connectivity index is 1.53. The Morgan fingerprint density at radius 1 is 0.964 bits per heavy atom. The van der Waals surface area contributed by atoms with Crippen molar-refractivity contribution in [3.05, 3.63) is 78.4 Å². The minimum Gasteiger partial charge on any atom is -0.341 e. The molecule has 3 aromatic carbocycles. The van der Waals surface area contributed by atoms with Crippen molar-refractivity contribution in [1.29, 1.82) is 0 Å². The first kappa shape index (κ1) is 18.6. The van der Waals surface area contributed by atoms with E-state index in [1.807, 2.05) is 31.2 Å². The molecule has 0 saturated carbocycles. The number of anilines is 1. The molecule has 0 saturated heterocycles. The molecule has 0 aliphatic heterocycles. The molecule has 1 aromatic heterocycles. The van der Waals surface area contributed by atoms with Crippen LogP contribution in [0.2, 0.25) is 0 Å². The van der Waals surface area contributed by atoms with Gasteiger partial charge in [0.15, 0.2) is 0 Å². The van der Waals surface area contributed by atoms with Crippen molar-refractivity contribution in [2.45, 2.75) is 31.4 Å². The van der Waals surface area contributed by atoms with E-state index < -0.39 is 0 Å². The first-order chi connectivity index (χ1) is 13.7. The zero-order valence-electron chi connectivity index (χ0n) is 16.2. The molecule has 1 N–H and O–H groups in total. The number of nitrogens with zero attached hydrogens (tertiary/aromatic N) is 1. The highest BCUT2D eigenvalue weighted by Gasteiger charge is 2.15. The first-order valence-corrected chi connectivity index (χ1v) is 10.7. The number of thioether (sulfide) groups is 1. The summed E-state index contributed by atoms with van der Waals surface area (Å²) in [4.78, 5) is 12.7. The van der Waals surface area contributed by atoms with E-state index in [9.17, 15) is 4.79 Å². The topological polar surface area (TPSA) is 34.0 Å². The molecule has 4 rings (SSSR count). The van der Waals surface area contributed by atoms with Gasteiger partial charge in [-0.15, -0.1) is 11.8 Å². The van der Waals surface area contributed by atoms with Crippen LogP contribution in [-0.4, -0.2) is 15.7 Å². The Labute approximate surface area is 169 Å². The van der Waals surface area contributed by atoms with Crippen LogP contribution in [0.25, 0.3) is 21.8 Å². The van der Waals surface area contributed by atoms with E-state index in [-0.39, 0.29) is 11.2 Å². The fraction of sp³-hybridized carbons (Fsp3) is 0.208. The summed E-state index contributed by atoms with van der Waals surface area (Å²) in [5.74, 6) is 0.873. The van der Waals surface area contributed by atoms with Gasteiger partial charge in [0.25, 0.3) is 0 Å². The Hall–Kier alpha value is -2.72. The van der Waals surface area contributed by atoms with Crippen molar-refractivity contribution in [1.82, 2.24) is 4.57 Å². The minimum atomic E-state index is -0.118. The molecule has 142 valence electrons. The first-order valence-electron chi connectivity index (χ1n) is 9.64. The lowest BCUT2D eigenvalue weighted by molar-refractivity contribution is -0.115. The molecule has 4 heteroatoms. The van der Waals surface area contributed by atoms with Crippen LogP contribution < -0.4 is 5.32 Å². The number of benzene rings is 3. The van der Waals surface area contributed by atoms with E-state index in [1.54, 1.807) is 11.8 Å². The van der Waals surface area contributed by atoms with Crippen molar-refractivity contribution in [2.75, 3.05) is 5.32 Å². The summed E-state index contributed by atoms with van der Waals surface area (Å²) < 4.78 is 2.31. The largest absolute Gasteiger partial charge is 0.341 e. The number of hydrogen-bond donors (Lipinski definition) is 1. The van der Waals surface area contributed by atoms with E-state index in [0.717, 1.165) is 18.0 Å². The number of rotatable bonds is 6. The zero-order valence-corrected chi connectivity index (χ0v) is 17.0. The van der Waals surface area contributed by atoms with Gasteiger partial charge in [0, 0.05) is 39.8 Å². The van der Waals surface area contributed by atoms with Crippen LogP contribution in [0.5, 0.6) is 0 Å². The van der Waals surface area contributed by atoms with E-state index in [1.165, 1.54) is 27.4 Å². The normalized spacial score (nSPS) is 12.4. The van der Waals surface area contributed by atoms with Crippen LogP contribution in [0.1, 0.15) is 19.4 Å². The van der Waals surface area contributed by atoms with Crippen molar-refractivity contribution < 1.29 is 4.79 Å². The van der Waals surface area contributed by atoms with Crippen LogP contribution in [-0.2, 0) is 17.1 Å². The summed E-state index contributed by atoms with van der Waals surface area (Å²) in [5.41, 5.74) is 4.52. The molecular weight excluding hydrogens is 364 g/mol. The van der Waals surface area contributed by atoms with Gasteiger partial charge in [-0.05, 0) is 43.7 Å². The summed E-state index contributed by atoms with van der Waals surface area (Å²) in [6.07, 6.45) is 0. The van der Waals surface area contributed by atoms with Crippen LogP contribution in [0, 0.1) is 0 Å². The number of nitrogens with one attached hydrogen (secondary N) is 1. The number of carbonyl (C=O) groups is 1. The lowest BCUT2D eigenvalue weighted by Gasteiger charge is -2.12. The maximum atomic E-state index is 12.7. The number of hydrogen-bond acceptors (Lipinski definition) is 2. The van der Waals surface area contributed by atoms with Gasteiger partial charge in [0.1, 0.15) is 0 Å². The molecular formula is C24H24N2OS.